The van der Waals surface area contributed by atoms with E-state index in [2.05, 4.69) is 15.9 Å². The van der Waals surface area contributed by atoms with Crippen molar-refractivity contribution in [2.75, 3.05) is 58.8 Å². The first kappa shape index (κ1) is 45.3. The van der Waals surface area contributed by atoms with Gasteiger partial charge in [-0.25, -0.2) is 9.59 Å². The first-order chi connectivity index (χ1) is 30.9. The summed E-state index contributed by atoms with van der Waals surface area (Å²) in [7, 11) is 10.7. The molecule has 330 valence electrons. The van der Waals surface area contributed by atoms with E-state index in [1.165, 1.54) is 21.8 Å². The molecule has 0 saturated carbocycles. The zero-order chi connectivity index (χ0) is 45.5. The number of carbonyl (C=O) groups excluding carboxylic acids is 2. The van der Waals surface area contributed by atoms with Gasteiger partial charge in [-0.1, -0.05) is 70.5 Å². The molecule has 1 aliphatic rings. The van der Waals surface area contributed by atoms with Gasteiger partial charge in [-0.3, -0.25) is 14.2 Å². The summed E-state index contributed by atoms with van der Waals surface area (Å²) in [5.41, 5.74) is 1.53. The Morgan fingerprint density at radius 2 is 1.25 bits per heavy atom. The van der Waals surface area contributed by atoms with Gasteiger partial charge in [0.25, 0.3) is 11.5 Å². The summed E-state index contributed by atoms with van der Waals surface area (Å²) in [5.74, 6) is -0.121. The fourth-order valence-electron chi connectivity index (χ4n) is 7.72. The van der Waals surface area contributed by atoms with E-state index in [4.69, 9.17) is 23.7 Å². The summed E-state index contributed by atoms with van der Waals surface area (Å²) in [6.45, 7) is -0.152. The van der Waals surface area contributed by atoms with Crippen molar-refractivity contribution in [2.45, 2.75) is 30.5 Å². The van der Waals surface area contributed by atoms with Gasteiger partial charge in [-0.15, -0.1) is 0 Å². The second kappa shape index (κ2) is 19.8. The van der Waals surface area contributed by atoms with Gasteiger partial charge in [0.15, 0.2) is 0 Å². The number of anilines is 2. The quantitative estimate of drug-likeness (QED) is 0.0741. The SMILES string of the molecule is COc1ccc(C(OC[C@H]2O[C@@H](n3cc(/C=C/Br)c(=O)n(C(=O)c4ccc(N(C)C)cc4)c3=O)C[C@@H]2OC(=O)c2ccc(N(C)C)cc2)(c2ccccc2)c2ccc(OC)cc2)cc1. The lowest BCUT2D eigenvalue weighted by Gasteiger charge is -2.37. The number of aromatic nitrogens is 2. The van der Waals surface area contributed by atoms with Crippen molar-refractivity contribution in [2.24, 2.45) is 0 Å². The molecular weight excluding hydrogens is 880 g/mol. The molecule has 0 amide bonds. The number of esters is 1. The van der Waals surface area contributed by atoms with Crippen LogP contribution in [0.4, 0.5) is 11.4 Å². The van der Waals surface area contributed by atoms with Gasteiger partial charge >= 0.3 is 11.7 Å². The van der Waals surface area contributed by atoms with E-state index in [1.807, 2.05) is 129 Å². The predicted molar refractivity (Wildman–Crippen MR) is 250 cm³/mol. The average Bonchev–Trinajstić information content (AvgIpc) is 3.72. The number of hydrogen-bond acceptors (Lipinski definition) is 11. The van der Waals surface area contributed by atoms with Crippen LogP contribution >= 0.6 is 15.9 Å². The zero-order valence-corrected chi connectivity index (χ0v) is 37.9. The van der Waals surface area contributed by atoms with E-state index in [9.17, 15) is 19.2 Å². The van der Waals surface area contributed by atoms with Crippen LogP contribution in [0.1, 0.15) is 55.6 Å². The van der Waals surface area contributed by atoms with Crippen molar-refractivity contribution in [3.8, 4) is 11.5 Å². The maximum Gasteiger partial charge on any atom is 0.340 e. The molecule has 0 N–H and O–H groups in total. The van der Waals surface area contributed by atoms with Crippen LogP contribution in [0.15, 0.2) is 148 Å². The van der Waals surface area contributed by atoms with Crippen LogP contribution in [-0.2, 0) is 19.8 Å². The number of rotatable bonds is 15. The maximum absolute atomic E-state index is 14.5. The van der Waals surface area contributed by atoms with Crippen LogP contribution in [0.25, 0.3) is 6.08 Å². The second-order valence-electron chi connectivity index (χ2n) is 15.5. The van der Waals surface area contributed by atoms with Gasteiger partial charge in [0.05, 0.1) is 32.0 Å². The summed E-state index contributed by atoms with van der Waals surface area (Å²) in [5, 5.41) is 0. The first-order valence-electron chi connectivity index (χ1n) is 20.5. The van der Waals surface area contributed by atoms with E-state index in [0.717, 1.165) is 28.1 Å². The number of nitrogens with zero attached hydrogens (tertiary/aromatic N) is 4. The molecule has 0 aliphatic carbocycles. The van der Waals surface area contributed by atoms with Crippen molar-refractivity contribution < 1.29 is 33.3 Å². The van der Waals surface area contributed by atoms with Gasteiger partial charge in [0, 0.05) is 57.7 Å². The first-order valence-corrected chi connectivity index (χ1v) is 21.4. The van der Waals surface area contributed by atoms with E-state index >= 15 is 0 Å². The van der Waals surface area contributed by atoms with Gasteiger partial charge in [0.2, 0.25) is 0 Å². The van der Waals surface area contributed by atoms with Gasteiger partial charge in [0.1, 0.15) is 35.5 Å². The molecule has 6 aromatic rings. The highest BCUT2D eigenvalue weighted by atomic mass is 79.9. The summed E-state index contributed by atoms with van der Waals surface area (Å²) in [6, 6.07) is 38.4. The summed E-state index contributed by atoms with van der Waals surface area (Å²) in [4.78, 5) is 61.5. The van der Waals surface area contributed by atoms with Crippen molar-refractivity contribution in [3.05, 3.63) is 193 Å². The topological polar surface area (TPSA) is 131 Å². The van der Waals surface area contributed by atoms with Crippen molar-refractivity contribution in [1.82, 2.24) is 9.13 Å². The molecule has 1 saturated heterocycles. The molecule has 1 aromatic heterocycles. The molecule has 0 bridgehead atoms. The Kier molecular flexibility index (Phi) is 14.0. The lowest BCUT2D eigenvalue weighted by molar-refractivity contribution is -0.0968. The molecule has 64 heavy (non-hydrogen) atoms. The molecule has 3 atom stereocenters. The maximum atomic E-state index is 14.5. The summed E-state index contributed by atoms with van der Waals surface area (Å²) in [6.07, 6.45) is -0.285. The third-order valence-electron chi connectivity index (χ3n) is 11.2. The molecule has 2 heterocycles. The van der Waals surface area contributed by atoms with Crippen LogP contribution in [-0.4, -0.2) is 82.2 Å². The summed E-state index contributed by atoms with van der Waals surface area (Å²) >= 11 is 3.24. The number of ether oxygens (including phenoxy) is 5. The number of hydrogen-bond donors (Lipinski definition) is 0. The lowest BCUT2D eigenvalue weighted by atomic mass is 9.80. The van der Waals surface area contributed by atoms with Crippen molar-refractivity contribution >= 4 is 45.3 Å². The summed E-state index contributed by atoms with van der Waals surface area (Å²) < 4.78 is 33.0. The molecule has 7 rings (SSSR count). The molecular formula is C50H49BrN4O9. The zero-order valence-electron chi connectivity index (χ0n) is 36.3. The normalized spacial score (nSPS) is 16.1. The molecule has 1 aliphatic heterocycles. The van der Waals surface area contributed by atoms with Gasteiger partial charge in [-0.2, -0.15) is 4.57 Å². The largest absolute Gasteiger partial charge is 0.497 e. The smallest absolute Gasteiger partial charge is 0.340 e. The number of carbonyl (C=O) groups is 2. The van der Waals surface area contributed by atoms with Crippen LogP contribution in [0.3, 0.4) is 0 Å². The minimum atomic E-state index is -1.26. The minimum absolute atomic E-state index is 0.0275. The average molecular weight is 930 g/mol. The lowest BCUT2D eigenvalue weighted by Crippen LogP contribution is -2.45. The Balaban J connectivity index is 1.32. The van der Waals surface area contributed by atoms with Gasteiger partial charge < -0.3 is 33.5 Å². The highest BCUT2D eigenvalue weighted by Crippen LogP contribution is 2.43. The molecule has 13 nitrogen and oxygen atoms in total. The molecule has 1 fully saturated rings. The van der Waals surface area contributed by atoms with E-state index in [-0.39, 0.29) is 24.2 Å². The van der Waals surface area contributed by atoms with E-state index in [0.29, 0.717) is 21.6 Å². The highest BCUT2D eigenvalue weighted by Gasteiger charge is 2.44. The molecule has 0 spiro atoms. The van der Waals surface area contributed by atoms with E-state index in [1.54, 1.807) is 50.6 Å². The Labute approximate surface area is 379 Å². The Hall–Kier alpha value is -6.74. The van der Waals surface area contributed by atoms with Gasteiger partial charge in [-0.05, 0) is 101 Å². The Morgan fingerprint density at radius 1 is 0.734 bits per heavy atom. The number of benzene rings is 5. The monoisotopic (exact) mass is 928 g/mol. The van der Waals surface area contributed by atoms with Crippen molar-refractivity contribution in [1.29, 1.82) is 0 Å². The minimum Gasteiger partial charge on any atom is -0.497 e. The van der Waals surface area contributed by atoms with Crippen LogP contribution < -0.4 is 30.5 Å². The van der Waals surface area contributed by atoms with E-state index < -0.39 is 47.2 Å². The van der Waals surface area contributed by atoms with Crippen LogP contribution in [0.2, 0.25) is 0 Å². The number of halogens is 1. The number of methoxy groups -OCH3 is 2. The third-order valence-corrected chi connectivity index (χ3v) is 11.5. The van der Waals surface area contributed by atoms with Crippen molar-refractivity contribution in [3.63, 3.8) is 0 Å². The Bertz CT molecular complexity index is 2670. The predicted octanol–water partition coefficient (Wildman–Crippen LogP) is 7.74. The molecule has 0 unspecified atom stereocenters. The molecule has 14 heteroatoms. The molecule has 0 radical (unpaired) electrons. The fraction of sp³-hybridized carbons (Fsp3) is 0.240. The third kappa shape index (κ3) is 9.30. The van der Waals surface area contributed by atoms with Crippen LogP contribution in [0.5, 0.6) is 11.5 Å². The highest BCUT2D eigenvalue weighted by molar-refractivity contribution is 9.11. The standard InChI is InChI=1S/C50H49BrN4O9/c1-52(2)39-20-12-33(13-21-39)46(56)55-47(57)35(28-29-51)31-54(49(55)59)45-30-43(64-48(58)34-14-22-40(23-15-34)53(3)4)44(63-45)32-62-50(36-10-8-7-9-11-36,37-16-24-41(60-5)25-17-37)38-18-26-42(61-6)27-19-38/h7-29,31,43-45H,30,32H2,1-6H3/b29-28+/t43-,44+,45+/m0/s1. The fourth-order valence-corrected chi connectivity index (χ4v) is 8.00. The second-order valence-corrected chi connectivity index (χ2v) is 16.0. The molecule has 5 aromatic carbocycles. The van der Waals surface area contributed by atoms with Crippen LogP contribution in [0, 0.1) is 0 Å². The Morgan fingerprint density at radius 3 is 1.75 bits per heavy atom.